The van der Waals surface area contributed by atoms with Crippen molar-refractivity contribution in [2.24, 2.45) is 0 Å². The number of hydrogen-bond donors (Lipinski definition) is 0. The molecule has 0 N–H and O–H groups in total. The molecule has 0 saturated carbocycles. The molecule has 0 nitrogen and oxygen atoms in total. The van der Waals surface area contributed by atoms with Gasteiger partial charge in [-0.1, -0.05) is 0 Å². The molecule has 0 saturated heterocycles. The summed E-state index contributed by atoms with van der Waals surface area (Å²) in [6.07, 6.45) is 0. The Morgan fingerprint density at radius 2 is 1.89 bits per heavy atom. The number of aryl methyl sites for hydroxylation is 2. The number of rotatable bonds is 0. The molecule has 0 aromatic heterocycles. The van der Waals surface area contributed by atoms with Crippen LogP contribution in [0.25, 0.3) is 0 Å². The van der Waals surface area contributed by atoms with Crippen molar-refractivity contribution in [2.75, 3.05) is 0 Å². The van der Waals surface area contributed by atoms with Gasteiger partial charge in [-0.15, -0.1) is 0 Å². The van der Waals surface area contributed by atoms with E-state index in [1.54, 1.807) is 3.12 Å². The van der Waals surface area contributed by atoms with Crippen molar-refractivity contribution in [1.82, 2.24) is 0 Å². The first-order valence-electron chi connectivity index (χ1n) is 3.03. The van der Waals surface area contributed by atoms with Crippen LogP contribution in [0.15, 0.2) is 18.2 Å². The summed E-state index contributed by atoms with van der Waals surface area (Å²) in [5, 5.41) is 0. The van der Waals surface area contributed by atoms with Crippen molar-refractivity contribution in [1.29, 1.82) is 0 Å². The van der Waals surface area contributed by atoms with E-state index in [1.807, 2.05) is 0 Å². The second-order valence-corrected chi connectivity index (χ2v) is 4.78. The number of benzene rings is 1. The van der Waals surface area contributed by atoms with Crippen molar-refractivity contribution in [2.45, 2.75) is 13.8 Å². The van der Waals surface area contributed by atoms with Crippen molar-refractivity contribution < 1.29 is 0 Å². The quantitative estimate of drug-likeness (QED) is 0.630. The van der Waals surface area contributed by atoms with Gasteiger partial charge in [-0.25, -0.2) is 0 Å². The molecule has 0 atom stereocenters. The summed E-state index contributed by atoms with van der Waals surface area (Å²) >= 11 is 0.981. The molecule has 0 unspecified atom stereocenters. The average Bonchev–Trinajstić information content (AvgIpc) is 1.80. The molecule has 44 valence electrons. The van der Waals surface area contributed by atoms with Gasteiger partial charge in [0, 0.05) is 0 Å². The van der Waals surface area contributed by atoms with Gasteiger partial charge >= 0.3 is 72.1 Å². The summed E-state index contributed by atoms with van der Waals surface area (Å²) in [7, 11) is 0. The van der Waals surface area contributed by atoms with Crippen LogP contribution in [0.5, 0.6) is 0 Å². The number of hydrogen-bond acceptors (Lipinski definition) is 0. The molecular formula is C8H9Tl. The Labute approximate surface area is 72.0 Å². The van der Waals surface area contributed by atoms with E-state index < -0.39 is 0 Å². The molecule has 0 aliphatic carbocycles. The third kappa shape index (κ3) is 1.78. The minimum absolute atomic E-state index is 0.981. The van der Waals surface area contributed by atoms with Gasteiger partial charge in [0.1, 0.15) is 0 Å². The van der Waals surface area contributed by atoms with E-state index >= 15 is 0 Å². The first-order chi connectivity index (χ1) is 4.20. The SMILES string of the molecule is Cc1ccc(C)[c]([Tl])c1. The topological polar surface area (TPSA) is 0 Å². The molecule has 0 heterocycles. The zero-order valence-electron chi connectivity index (χ0n) is 5.81. The maximum atomic E-state index is 2.28. The fraction of sp³-hybridized carbons (Fsp3) is 0.250. The Morgan fingerprint density at radius 3 is 2.33 bits per heavy atom. The van der Waals surface area contributed by atoms with Crippen LogP contribution in [0, 0.1) is 13.8 Å². The molecule has 0 bridgehead atoms. The summed E-state index contributed by atoms with van der Waals surface area (Å²) in [4.78, 5) is 0. The van der Waals surface area contributed by atoms with E-state index in [2.05, 4.69) is 32.0 Å². The Balaban J connectivity index is 3.17. The molecular weight excluding hydrogens is 300 g/mol. The molecule has 0 amide bonds. The van der Waals surface area contributed by atoms with Crippen LogP contribution in [0.2, 0.25) is 0 Å². The van der Waals surface area contributed by atoms with Crippen LogP contribution in [-0.4, -0.2) is 25.8 Å². The molecule has 0 aliphatic heterocycles. The van der Waals surface area contributed by atoms with E-state index in [0.717, 1.165) is 25.8 Å². The van der Waals surface area contributed by atoms with Crippen molar-refractivity contribution in [3.05, 3.63) is 29.3 Å². The Morgan fingerprint density at radius 1 is 1.22 bits per heavy atom. The predicted molar refractivity (Wildman–Crippen MR) is 41.3 cm³/mol. The van der Waals surface area contributed by atoms with Crippen molar-refractivity contribution >= 4 is 28.9 Å². The van der Waals surface area contributed by atoms with E-state index in [1.165, 1.54) is 11.1 Å². The second-order valence-electron chi connectivity index (χ2n) is 2.36. The molecule has 1 rings (SSSR count). The van der Waals surface area contributed by atoms with Gasteiger partial charge in [0.2, 0.25) is 0 Å². The molecule has 1 aromatic rings. The standard InChI is InChI=1S/C8H9.Tl/c1-7-3-5-8(2)6-4-7;/h3-5H,1-2H3;. The first kappa shape index (κ1) is 7.25. The third-order valence-corrected chi connectivity index (χ3v) is 3.85. The van der Waals surface area contributed by atoms with E-state index in [9.17, 15) is 0 Å². The van der Waals surface area contributed by atoms with Crippen molar-refractivity contribution in [3.8, 4) is 0 Å². The van der Waals surface area contributed by atoms with Gasteiger partial charge in [-0.2, -0.15) is 0 Å². The van der Waals surface area contributed by atoms with Crippen molar-refractivity contribution in [3.63, 3.8) is 0 Å². The molecule has 0 radical (unpaired) electrons. The summed E-state index contributed by atoms with van der Waals surface area (Å²) < 4.78 is 1.55. The van der Waals surface area contributed by atoms with Gasteiger partial charge in [0.15, 0.2) is 0 Å². The van der Waals surface area contributed by atoms with Crippen LogP contribution in [0.4, 0.5) is 0 Å². The monoisotopic (exact) mass is 310 g/mol. The molecule has 0 aliphatic rings. The molecule has 9 heavy (non-hydrogen) atoms. The zero-order chi connectivity index (χ0) is 6.85. The van der Waals surface area contributed by atoms with Gasteiger partial charge in [-0.05, 0) is 0 Å². The maximum absolute atomic E-state index is 2.28. The van der Waals surface area contributed by atoms with Gasteiger partial charge in [0.05, 0.1) is 0 Å². The molecule has 1 aromatic carbocycles. The van der Waals surface area contributed by atoms with E-state index in [4.69, 9.17) is 0 Å². The van der Waals surface area contributed by atoms with Crippen LogP contribution in [0.3, 0.4) is 0 Å². The van der Waals surface area contributed by atoms with Crippen LogP contribution < -0.4 is 3.12 Å². The van der Waals surface area contributed by atoms with Gasteiger partial charge in [0.25, 0.3) is 0 Å². The van der Waals surface area contributed by atoms with Gasteiger partial charge in [-0.3, -0.25) is 0 Å². The van der Waals surface area contributed by atoms with Crippen LogP contribution >= 0.6 is 0 Å². The normalized spacial score (nSPS) is 9.44. The van der Waals surface area contributed by atoms with Gasteiger partial charge < -0.3 is 0 Å². The van der Waals surface area contributed by atoms with Crippen LogP contribution in [-0.2, 0) is 0 Å². The summed E-state index contributed by atoms with van der Waals surface area (Å²) in [6, 6.07) is 6.64. The second kappa shape index (κ2) is 2.82. The summed E-state index contributed by atoms with van der Waals surface area (Å²) in [6.45, 7) is 4.32. The first-order valence-corrected chi connectivity index (χ1v) is 5.27. The minimum atomic E-state index is 0.981. The zero-order valence-corrected chi connectivity index (χ0v) is 10.3. The van der Waals surface area contributed by atoms with Crippen LogP contribution in [0.1, 0.15) is 11.1 Å². The molecule has 0 spiro atoms. The third-order valence-electron chi connectivity index (χ3n) is 1.43. The average molecular weight is 310 g/mol. The summed E-state index contributed by atoms with van der Waals surface area (Å²) in [5.74, 6) is 0. The Hall–Kier alpha value is 0.142. The predicted octanol–water partition coefficient (Wildman–Crippen LogP) is 1.10. The summed E-state index contributed by atoms with van der Waals surface area (Å²) in [5.41, 5.74) is 2.84. The fourth-order valence-corrected chi connectivity index (χ4v) is 2.16. The Kier molecular flexibility index (Phi) is 2.27. The molecule has 1 heteroatoms. The van der Waals surface area contributed by atoms with E-state index in [-0.39, 0.29) is 0 Å². The fourth-order valence-electron chi connectivity index (χ4n) is 0.760. The Bertz CT molecular complexity index is 216. The van der Waals surface area contributed by atoms with E-state index in [0.29, 0.717) is 0 Å². The molecule has 0 fully saturated rings.